The molecule has 2 aliphatic heterocycles. The van der Waals surface area contributed by atoms with Gasteiger partial charge >= 0.3 is 0 Å². The largest absolute Gasteiger partial charge is 0.504 e. The van der Waals surface area contributed by atoms with Crippen LogP contribution in [0.4, 0.5) is 5.00 Å². The average Bonchev–Trinajstić information content (AvgIpc) is 3.39. The lowest BCUT2D eigenvalue weighted by Gasteiger charge is -2.44. The number of carbonyl (C=O) groups is 1. The van der Waals surface area contributed by atoms with Crippen LogP contribution in [0, 0.1) is 0 Å². The monoisotopic (exact) mass is 623 g/mol. The van der Waals surface area contributed by atoms with Gasteiger partial charge in [0.25, 0.3) is 5.91 Å². The number of ether oxygens (including phenoxy) is 3. The molecule has 0 spiro atoms. The number of hydrogen-bond donors (Lipinski definition) is 2. The van der Waals surface area contributed by atoms with E-state index in [2.05, 4.69) is 26.2 Å². The van der Waals surface area contributed by atoms with Gasteiger partial charge in [0.15, 0.2) is 11.4 Å². The van der Waals surface area contributed by atoms with Crippen LogP contribution >= 0.6 is 22.9 Å². The predicted molar refractivity (Wildman–Crippen MR) is 174 cm³/mol. The molecule has 11 heteroatoms. The molecule has 5 rings (SSSR count). The van der Waals surface area contributed by atoms with Crippen LogP contribution in [0.15, 0.2) is 77.3 Å². The molecule has 1 aromatic heterocycles. The van der Waals surface area contributed by atoms with E-state index in [-0.39, 0.29) is 6.10 Å². The number of halogens is 1. The molecule has 1 saturated heterocycles. The number of aliphatic hydroxyl groups is 1. The first-order valence-electron chi connectivity index (χ1n) is 14.6. The fourth-order valence-corrected chi connectivity index (χ4v) is 7.06. The van der Waals surface area contributed by atoms with Gasteiger partial charge in [-0.05, 0) is 51.2 Å². The van der Waals surface area contributed by atoms with Crippen LogP contribution in [0.1, 0.15) is 74.7 Å². The number of likely N-dealkylation sites (tertiary alicyclic amines) is 1. The first-order valence-corrected chi connectivity index (χ1v) is 15.8. The number of allylic oxidation sites excluding steroid dienone is 3. The van der Waals surface area contributed by atoms with E-state index in [1.54, 1.807) is 6.20 Å². The number of nitrogens with two attached hydrogens (primary N) is 1. The first-order chi connectivity index (χ1) is 20.4. The van der Waals surface area contributed by atoms with Crippen molar-refractivity contribution in [1.82, 2.24) is 4.90 Å². The third kappa shape index (κ3) is 6.13. The number of rotatable bonds is 10. The Bertz CT molecular complexity index is 1520. The minimum atomic E-state index is -0.605. The number of piperidine rings is 1. The summed E-state index contributed by atoms with van der Waals surface area (Å²) in [5.74, 6) is 1.72. The van der Waals surface area contributed by atoms with Crippen molar-refractivity contribution in [2.45, 2.75) is 71.2 Å². The van der Waals surface area contributed by atoms with Gasteiger partial charge in [0.1, 0.15) is 35.7 Å². The van der Waals surface area contributed by atoms with Crippen LogP contribution in [0.3, 0.4) is 0 Å². The molecule has 1 aliphatic carbocycles. The molecule has 0 saturated carbocycles. The van der Waals surface area contributed by atoms with Crippen molar-refractivity contribution in [3.8, 4) is 5.75 Å². The lowest BCUT2D eigenvalue weighted by molar-refractivity contribution is -0.0949. The van der Waals surface area contributed by atoms with E-state index in [0.29, 0.717) is 27.3 Å². The third-order valence-corrected chi connectivity index (χ3v) is 9.76. The van der Waals surface area contributed by atoms with Crippen molar-refractivity contribution in [3.05, 3.63) is 92.7 Å². The quantitative estimate of drug-likeness (QED) is 0.291. The van der Waals surface area contributed by atoms with E-state index >= 15 is 0 Å². The van der Waals surface area contributed by atoms with Gasteiger partial charge in [-0.25, -0.2) is 0 Å². The molecular weight excluding hydrogens is 585 g/mol. The molecule has 1 atom stereocenters. The Hall–Kier alpha value is -3.50. The lowest BCUT2D eigenvalue weighted by Crippen LogP contribution is -2.47. The summed E-state index contributed by atoms with van der Waals surface area (Å²) in [7, 11) is 2.07. The molecule has 3 N–H and O–H groups in total. The van der Waals surface area contributed by atoms with Crippen molar-refractivity contribution in [3.63, 3.8) is 0 Å². The predicted octanol–water partition coefficient (Wildman–Crippen LogP) is 6.52. The summed E-state index contributed by atoms with van der Waals surface area (Å²) in [4.78, 5) is 16.9. The molecule has 1 aromatic carbocycles. The number of benzene rings is 1. The van der Waals surface area contributed by atoms with E-state index in [1.165, 1.54) is 16.9 Å². The Morgan fingerprint density at radius 3 is 2.63 bits per heavy atom. The number of hydrogen-bond acceptors (Lipinski definition) is 8. The number of primary amides is 1. The van der Waals surface area contributed by atoms with Crippen LogP contribution in [0.25, 0.3) is 0 Å². The van der Waals surface area contributed by atoms with Crippen molar-refractivity contribution >= 4 is 41.7 Å². The summed E-state index contributed by atoms with van der Waals surface area (Å²) in [5.41, 5.74) is 9.24. The maximum atomic E-state index is 12.5. The summed E-state index contributed by atoms with van der Waals surface area (Å²) < 4.78 is 18.7. The van der Waals surface area contributed by atoms with Gasteiger partial charge in [-0.1, -0.05) is 36.4 Å². The zero-order chi connectivity index (χ0) is 31.1. The zero-order valence-electron chi connectivity index (χ0n) is 25.4. The van der Waals surface area contributed by atoms with Gasteiger partial charge in [0, 0.05) is 60.9 Å². The highest BCUT2D eigenvalue weighted by molar-refractivity contribution is 7.18. The van der Waals surface area contributed by atoms with Gasteiger partial charge in [-0.3, -0.25) is 4.79 Å². The molecule has 0 unspecified atom stereocenters. The molecule has 228 valence electrons. The molecule has 3 aliphatic rings. The Morgan fingerprint density at radius 1 is 1.33 bits per heavy atom. The summed E-state index contributed by atoms with van der Waals surface area (Å²) in [5, 5.41) is 11.7. The van der Waals surface area contributed by atoms with E-state index in [0.717, 1.165) is 66.3 Å². The zero-order valence-corrected chi connectivity index (χ0v) is 27.0. The van der Waals surface area contributed by atoms with Gasteiger partial charge in [-0.2, -0.15) is 0 Å². The van der Waals surface area contributed by atoms with E-state index < -0.39 is 17.6 Å². The Balaban J connectivity index is 1.34. The number of aliphatic hydroxyl groups excluding tert-OH is 1. The van der Waals surface area contributed by atoms with Crippen molar-refractivity contribution < 1.29 is 24.1 Å². The molecule has 8 nitrogen and oxygen atoms in total. The molecule has 0 radical (unpaired) electrons. The highest BCUT2D eigenvalue weighted by atomic mass is 35.5. The van der Waals surface area contributed by atoms with Crippen LogP contribution in [-0.4, -0.2) is 48.6 Å². The van der Waals surface area contributed by atoms with Gasteiger partial charge in [0.05, 0.1) is 5.76 Å². The summed E-state index contributed by atoms with van der Waals surface area (Å²) >= 11 is 7.66. The molecule has 0 bridgehead atoms. The normalized spacial score (nSPS) is 19.5. The number of nitrogens with zero attached hydrogens (tertiary/aromatic N) is 2. The van der Waals surface area contributed by atoms with Crippen LogP contribution in [0.5, 0.6) is 5.75 Å². The number of amides is 1. The Labute approximate surface area is 263 Å². The van der Waals surface area contributed by atoms with Crippen molar-refractivity contribution in [2.24, 2.45) is 5.73 Å². The smallest absolute Gasteiger partial charge is 0.262 e. The highest BCUT2D eigenvalue weighted by Gasteiger charge is 2.43. The minimum absolute atomic E-state index is 0.0726. The Morgan fingerprint density at radius 2 is 2.02 bits per heavy atom. The first kappa shape index (κ1) is 30.9. The molecule has 1 amide bonds. The second-order valence-corrected chi connectivity index (χ2v) is 13.2. The summed E-state index contributed by atoms with van der Waals surface area (Å²) in [6.07, 6.45) is 4.75. The lowest BCUT2D eigenvalue weighted by atomic mass is 9.82. The van der Waals surface area contributed by atoms with Crippen molar-refractivity contribution in [2.75, 3.05) is 18.0 Å². The topological polar surface area (TPSA) is 97.5 Å². The molecule has 43 heavy (non-hydrogen) atoms. The summed E-state index contributed by atoms with van der Waals surface area (Å²) in [6.45, 7) is 13.3. The molecule has 2 aromatic rings. The number of carbonyl (C=O) groups excluding carboxylic acids is 1. The third-order valence-electron chi connectivity index (χ3n) is 8.28. The van der Waals surface area contributed by atoms with Gasteiger partial charge in [-0.15, -0.1) is 11.3 Å². The van der Waals surface area contributed by atoms with Crippen LogP contribution in [-0.2, 0) is 9.47 Å². The Kier molecular flexibility index (Phi) is 8.81. The highest BCUT2D eigenvalue weighted by Crippen LogP contribution is 2.43. The average molecular weight is 624 g/mol. The fourth-order valence-electron chi connectivity index (χ4n) is 5.82. The van der Waals surface area contributed by atoms with Gasteiger partial charge in [0.2, 0.25) is 5.88 Å². The fraction of sp³-hybridized carbons (Fsp3) is 0.406. The second kappa shape index (κ2) is 12.2. The maximum Gasteiger partial charge on any atom is 0.262 e. The number of thiophene rings is 1. The SMILES string of the molecule is BC1=C(OC2CCN(C3=C(O)C(C)(C)O3)CC2)CCC(C)=C1N(C=C)c1cc(O[C@H](C)c2ccccc2Cl)c(C(N)=O)s1. The molecular formula is C32H39BClN3O5S. The second-order valence-electron chi connectivity index (χ2n) is 11.7. The maximum absolute atomic E-state index is 12.5. The summed E-state index contributed by atoms with van der Waals surface area (Å²) in [6, 6.07) is 9.32. The van der Waals surface area contributed by atoms with Crippen LogP contribution in [0.2, 0.25) is 5.02 Å². The van der Waals surface area contributed by atoms with Gasteiger partial charge < -0.3 is 34.9 Å². The molecule has 1 fully saturated rings. The van der Waals surface area contributed by atoms with Crippen LogP contribution < -0.4 is 15.4 Å². The van der Waals surface area contributed by atoms with Crippen molar-refractivity contribution in [1.29, 1.82) is 0 Å². The minimum Gasteiger partial charge on any atom is -0.504 e. The number of anilines is 1. The standard InChI is InChI=1S/C32H39BClN3O5S/c1-6-37(25-17-24(28(43-25)30(35)39)40-19(3)21-9-7-8-10-22(21)34)27-18(2)11-12-23(26(27)33)41-20-13-15-36(16-14-20)31-29(38)32(4,5)42-31/h6-10,17,19-20,38H,1,11-16,33H2,2-5H3,(H2,35,39)/t19-/m1/s1. The molecule has 3 heterocycles. The van der Waals surface area contributed by atoms with E-state index in [1.807, 2.05) is 56.0 Å². The van der Waals surface area contributed by atoms with E-state index in [9.17, 15) is 9.90 Å². The van der Waals surface area contributed by atoms with E-state index in [4.69, 9.17) is 31.5 Å².